The van der Waals surface area contributed by atoms with Crippen LogP contribution in [-0.2, 0) is 4.74 Å². The van der Waals surface area contributed by atoms with Crippen LogP contribution in [0, 0.1) is 17.0 Å². The minimum atomic E-state index is -0.594. The van der Waals surface area contributed by atoms with Crippen LogP contribution in [0.5, 0.6) is 11.5 Å². The van der Waals surface area contributed by atoms with E-state index in [2.05, 4.69) is 4.90 Å². The molecule has 10 nitrogen and oxygen atoms in total. The number of hydrogen-bond acceptors (Lipinski definition) is 9. The Morgan fingerprint density at radius 3 is 2.61 bits per heavy atom. The maximum Gasteiger partial charge on any atom is 0.286 e. The lowest BCUT2D eigenvalue weighted by molar-refractivity contribution is -0.385. The average Bonchev–Trinajstić information content (AvgIpc) is 3.33. The molecule has 0 N–H and O–H groups in total. The summed E-state index contributed by atoms with van der Waals surface area (Å²) in [5.41, 5.74) is 1.05. The minimum Gasteiger partial charge on any atom is -0.493 e. The number of anilines is 1. The molecule has 1 aliphatic heterocycles. The fourth-order valence-electron chi connectivity index (χ4n) is 4.10. The van der Waals surface area contributed by atoms with Crippen LogP contribution >= 0.6 is 22.9 Å². The Balaban J connectivity index is 1.73. The summed E-state index contributed by atoms with van der Waals surface area (Å²) in [6.07, 6.45) is 0.655. The van der Waals surface area contributed by atoms with Crippen LogP contribution in [0.15, 0.2) is 24.3 Å². The second-order valence-electron chi connectivity index (χ2n) is 8.26. The number of carbonyl (C=O) groups is 1. The number of ether oxygens (including phenoxy) is 3. The van der Waals surface area contributed by atoms with E-state index < -0.39 is 10.8 Å². The summed E-state index contributed by atoms with van der Waals surface area (Å²) < 4.78 is 16.8. The minimum absolute atomic E-state index is 0.0990. The number of thiazole rings is 1. The van der Waals surface area contributed by atoms with Gasteiger partial charge in [-0.15, -0.1) is 0 Å². The van der Waals surface area contributed by atoms with Gasteiger partial charge in [0.15, 0.2) is 16.6 Å². The van der Waals surface area contributed by atoms with Gasteiger partial charge in [0.1, 0.15) is 5.56 Å². The quantitative estimate of drug-likeness (QED) is 0.290. The molecule has 2 heterocycles. The fraction of sp³-hybridized carbons (Fsp3) is 0.417. The number of nitrogens with zero attached hydrogens (tertiary/aromatic N) is 4. The van der Waals surface area contributed by atoms with E-state index in [1.807, 2.05) is 13.0 Å². The number of nitro groups is 1. The molecule has 2 aromatic carbocycles. The maximum atomic E-state index is 13.9. The Hall–Kier alpha value is -2.99. The summed E-state index contributed by atoms with van der Waals surface area (Å²) in [7, 11) is 2.80. The monoisotopic (exact) mass is 534 g/mol. The third kappa shape index (κ3) is 5.39. The molecule has 4 rings (SSSR count). The molecule has 192 valence electrons. The van der Waals surface area contributed by atoms with E-state index in [0.717, 1.165) is 29.9 Å². The Bertz CT molecular complexity index is 1280. The highest BCUT2D eigenvalue weighted by Crippen LogP contribution is 2.38. The van der Waals surface area contributed by atoms with E-state index >= 15 is 0 Å². The van der Waals surface area contributed by atoms with Crippen molar-refractivity contribution >= 4 is 49.9 Å². The number of amides is 1. The van der Waals surface area contributed by atoms with Gasteiger partial charge in [-0.05, 0) is 31.0 Å². The number of benzene rings is 2. The van der Waals surface area contributed by atoms with Crippen molar-refractivity contribution in [2.24, 2.45) is 0 Å². The molecule has 0 radical (unpaired) electrons. The molecule has 1 fully saturated rings. The molecule has 1 amide bonds. The van der Waals surface area contributed by atoms with Crippen molar-refractivity contribution < 1.29 is 23.9 Å². The molecule has 36 heavy (non-hydrogen) atoms. The predicted molar refractivity (Wildman–Crippen MR) is 139 cm³/mol. The summed E-state index contributed by atoms with van der Waals surface area (Å²) in [6, 6.07) is 6.22. The zero-order valence-electron chi connectivity index (χ0n) is 20.3. The summed E-state index contributed by atoms with van der Waals surface area (Å²) in [5.74, 6) is -0.135. The van der Waals surface area contributed by atoms with Crippen LogP contribution in [0.1, 0.15) is 22.3 Å². The number of aryl methyl sites for hydroxylation is 1. The van der Waals surface area contributed by atoms with Crippen LogP contribution in [0.2, 0.25) is 5.02 Å². The summed E-state index contributed by atoms with van der Waals surface area (Å²) in [5, 5.41) is 12.9. The van der Waals surface area contributed by atoms with Gasteiger partial charge in [0.2, 0.25) is 0 Å². The highest BCUT2D eigenvalue weighted by atomic mass is 35.5. The van der Waals surface area contributed by atoms with Crippen LogP contribution in [-0.4, -0.2) is 74.3 Å². The van der Waals surface area contributed by atoms with E-state index in [4.69, 9.17) is 30.8 Å². The van der Waals surface area contributed by atoms with Crippen molar-refractivity contribution in [3.63, 3.8) is 0 Å². The standard InChI is InChI=1S/C24H27ClN4O6S/c1-15-17(25)5-6-21-22(15)26-24(36-21)28(8-4-7-27-9-11-35-12-10-27)23(30)16-13-19(33-2)20(34-3)14-18(16)29(31)32/h5-6,13-14H,4,7-12H2,1-3H3. The van der Waals surface area contributed by atoms with Crippen molar-refractivity contribution in [3.05, 3.63) is 50.5 Å². The highest BCUT2D eigenvalue weighted by molar-refractivity contribution is 7.22. The van der Waals surface area contributed by atoms with Crippen LogP contribution in [0.4, 0.5) is 10.8 Å². The van der Waals surface area contributed by atoms with Gasteiger partial charge in [-0.25, -0.2) is 4.98 Å². The molecule has 1 aromatic heterocycles. The maximum absolute atomic E-state index is 13.9. The van der Waals surface area contributed by atoms with Crippen molar-refractivity contribution in [2.75, 3.05) is 58.5 Å². The number of nitro benzene ring substituents is 1. The van der Waals surface area contributed by atoms with Gasteiger partial charge in [0.25, 0.3) is 11.6 Å². The normalized spacial score (nSPS) is 14.1. The van der Waals surface area contributed by atoms with Crippen molar-refractivity contribution in [3.8, 4) is 11.5 Å². The van der Waals surface area contributed by atoms with Gasteiger partial charge in [0.05, 0.1) is 48.6 Å². The Morgan fingerprint density at radius 2 is 1.94 bits per heavy atom. The number of halogens is 1. The molecule has 3 aromatic rings. The Morgan fingerprint density at radius 1 is 1.25 bits per heavy atom. The smallest absolute Gasteiger partial charge is 0.286 e. The van der Waals surface area contributed by atoms with Crippen LogP contribution in [0.3, 0.4) is 0 Å². The Kier molecular flexibility index (Phi) is 8.24. The molecule has 1 saturated heterocycles. The Labute approximate surface area is 217 Å². The molecule has 0 atom stereocenters. The van der Waals surface area contributed by atoms with E-state index in [0.29, 0.717) is 41.9 Å². The van der Waals surface area contributed by atoms with E-state index in [1.165, 1.54) is 42.6 Å². The van der Waals surface area contributed by atoms with Gasteiger partial charge >= 0.3 is 0 Å². The molecule has 0 saturated carbocycles. The number of carbonyl (C=O) groups excluding carboxylic acids is 1. The van der Waals surface area contributed by atoms with Crippen molar-refractivity contribution in [1.82, 2.24) is 9.88 Å². The first kappa shape index (κ1) is 26.1. The van der Waals surface area contributed by atoms with E-state index in [9.17, 15) is 14.9 Å². The molecular weight excluding hydrogens is 508 g/mol. The summed E-state index contributed by atoms with van der Waals surface area (Å²) in [4.78, 5) is 33.7. The lowest BCUT2D eigenvalue weighted by Gasteiger charge is -2.27. The molecular formula is C24H27ClN4O6S. The predicted octanol–water partition coefficient (Wildman–Crippen LogP) is 4.55. The molecule has 12 heteroatoms. The van der Waals surface area contributed by atoms with Crippen molar-refractivity contribution in [2.45, 2.75) is 13.3 Å². The first-order valence-corrected chi connectivity index (χ1v) is 12.6. The second kappa shape index (κ2) is 11.4. The van der Waals surface area contributed by atoms with Crippen LogP contribution in [0.25, 0.3) is 10.2 Å². The zero-order chi connectivity index (χ0) is 25.8. The lowest BCUT2D eigenvalue weighted by atomic mass is 10.1. The van der Waals surface area contributed by atoms with Crippen LogP contribution < -0.4 is 14.4 Å². The van der Waals surface area contributed by atoms with Gasteiger partial charge in [-0.3, -0.25) is 24.7 Å². The largest absolute Gasteiger partial charge is 0.493 e. The molecule has 0 aliphatic carbocycles. The van der Waals surface area contributed by atoms with Gasteiger partial charge in [0, 0.05) is 37.3 Å². The highest BCUT2D eigenvalue weighted by Gasteiger charge is 2.30. The molecule has 0 spiro atoms. The number of hydrogen-bond donors (Lipinski definition) is 0. The number of methoxy groups -OCH3 is 2. The van der Waals surface area contributed by atoms with Crippen molar-refractivity contribution in [1.29, 1.82) is 0 Å². The summed E-state index contributed by atoms with van der Waals surface area (Å²) in [6.45, 7) is 5.97. The third-order valence-electron chi connectivity index (χ3n) is 6.10. The molecule has 0 bridgehead atoms. The molecule has 1 aliphatic rings. The van der Waals surface area contributed by atoms with Gasteiger partial charge < -0.3 is 14.2 Å². The molecule has 0 unspecified atom stereocenters. The van der Waals surface area contributed by atoms with Gasteiger partial charge in [-0.1, -0.05) is 22.9 Å². The number of rotatable bonds is 9. The fourth-order valence-corrected chi connectivity index (χ4v) is 5.30. The second-order valence-corrected chi connectivity index (χ2v) is 9.68. The first-order valence-electron chi connectivity index (χ1n) is 11.4. The number of aromatic nitrogens is 1. The zero-order valence-corrected chi connectivity index (χ0v) is 21.9. The number of morpholine rings is 1. The first-order chi connectivity index (χ1) is 17.3. The van der Waals surface area contributed by atoms with E-state index in [-0.39, 0.29) is 22.7 Å². The lowest BCUT2D eigenvalue weighted by Crippen LogP contribution is -2.39. The van der Waals surface area contributed by atoms with Gasteiger partial charge in [-0.2, -0.15) is 0 Å². The number of fused-ring (bicyclic) bond motifs is 1. The average molecular weight is 535 g/mol. The summed E-state index contributed by atoms with van der Waals surface area (Å²) >= 11 is 7.63. The topological polar surface area (TPSA) is 107 Å². The van der Waals surface area contributed by atoms with E-state index in [1.54, 1.807) is 6.07 Å². The SMILES string of the molecule is COc1cc(C(=O)N(CCCN2CCOCC2)c2nc3c(C)c(Cl)ccc3s2)c([N+](=O)[O-])cc1OC. The third-order valence-corrected chi connectivity index (χ3v) is 7.55.